The number of rotatable bonds is 2. The van der Waals surface area contributed by atoms with Crippen LogP contribution in [0.4, 0.5) is 5.82 Å². The Bertz CT molecular complexity index is 567. The number of fused-ring (bicyclic) bond motifs is 1. The average Bonchev–Trinajstić information content (AvgIpc) is 2.82. The minimum Gasteiger partial charge on any atom is -0.488 e. The SMILES string of the molecule is Cc1ccnc(N)c1C(N)C1Cc2ccccc2O1. The highest BCUT2D eigenvalue weighted by Gasteiger charge is 2.30. The van der Waals surface area contributed by atoms with Gasteiger partial charge in [-0.15, -0.1) is 0 Å². The first-order valence-corrected chi connectivity index (χ1v) is 6.38. The van der Waals surface area contributed by atoms with Crippen molar-refractivity contribution in [1.29, 1.82) is 0 Å². The second-order valence-corrected chi connectivity index (χ2v) is 4.92. The molecule has 2 unspecified atom stereocenters. The highest BCUT2D eigenvalue weighted by atomic mass is 16.5. The molecule has 2 atom stereocenters. The van der Waals surface area contributed by atoms with Crippen LogP contribution in [0.25, 0.3) is 0 Å². The summed E-state index contributed by atoms with van der Waals surface area (Å²) >= 11 is 0. The summed E-state index contributed by atoms with van der Waals surface area (Å²) in [5.41, 5.74) is 15.4. The van der Waals surface area contributed by atoms with Gasteiger partial charge in [-0.2, -0.15) is 0 Å². The number of ether oxygens (including phenoxy) is 1. The molecule has 19 heavy (non-hydrogen) atoms. The number of hydrogen-bond acceptors (Lipinski definition) is 4. The van der Waals surface area contributed by atoms with Gasteiger partial charge >= 0.3 is 0 Å². The van der Waals surface area contributed by atoms with Crippen molar-refractivity contribution >= 4 is 5.82 Å². The van der Waals surface area contributed by atoms with Gasteiger partial charge in [-0.3, -0.25) is 0 Å². The van der Waals surface area contributed by atoms with E-state index in [0.29, 0.717) is 5.82 Å². The zero-order valence-electron chi connectivity index (χ0n) is 10.8. The molecule has 2 heterocycles. The molecule has 4 heteroatoms. The normalized spacial score (nSPS) is 18.7. The number of nitrogen functional groups attached to an aromatic ring is 1. The quantitative estimate of drug-likeness (QED) is 0.860. The van der Waals surface area contributed by atoms with Gasteiger partial charge in [0.2, 0.25) is 0 Å². The van der Waals surface area contributed by atoms with Gasteiger partial charge < -0.3 is 16.2 Å². The molecule has 0 amide bonds. The van der Waals surface area contributed by atoms with Crippen LogP contribution >= 0.6 is 0 Å². The summed E-state index contributed by atoms with van der Waals surface area (Å²) in [4.78, 5) is 4.12. The van der Waals surface area contributed by atoms with Crippen molar-refractivity contribution in [3.63, 3.8) is 0 Å². The maximum absolute atomic E-state index is 6.34. The summed E-state index contributed by atoms with van der Waals surface area (Å²) in [6, 6.07) is 9.69. The monoisotopic (exact) mass is 255 g/mol. The van der Waals surface area contributed by atoms with E-state index in [4.69, 9.17) is 16.2 Å². The van der Waals surface area contributed by atoms with Crippen molar-refractivity contribution in [3.8, 4) is 5.75 Å². The van der Waals surface area contributed by atoms with E-state index < -0.39 is 0 Å². The van der Waals surface area contributed by atoms with Crippen LogP contribution in [-0.2, 0) is 6.42 Å². The first-order valence-electron chi connectivity index (χ1n) is 6.38. The predicted octanol–water partition coefficient (Wildman–Crippen LogP) is 1.98. The zero-order chi connectivity index (χ0) is 13.4. The van der Waals surface area contributed by atoms with Crippen LogP contribution in [0.5, 0.6) is 5.75 Å². The van der Waals surface area contributed by atoms with Gasteiger partial charge in [-0.05, 0) is 30.2 Å². The largest absolute Gasteiger partial charge is 0.488 e. The molecule has 0 spiro atoms. The summed E-state index contributed by atoms with van der Waals surface area (Å²) in [7, 11) is 0. The van der Waals surface area contributed by atoms with Crippen LogP contribution in [0, 0.1) is 6.92 Å². The molecule has 4 N–H and O–H groups in total. The minimum atomic E-state index is -0.263. The summed E-state index contributed by atoms with van der Waals surface area (Å²) in [6.07, 6.45) is 2.43. The topological polar surface area (TPSA) is 74.2 Å². The second kappa shape index (κ2) is 4.55. The lowest BCUT2D eigenvalue weighted by atomic mass is 9.96. The van der Waals surface area contributed by atoms with Crippen LogP contribution in [0.2, 0.25) is 0 Å². The van der Waals surface area contributed by atoms with Crippen molar-refractivity contribution in [3.05, 3.63) is 53.2 Å². The van der Waals surface area contributed by atoms with E-state index in [-0.39, 0.29) is 12.1 Å². The standard InChI is InChI=1S/C15H17N3O/c1-9-6-7-18-15(17)13(9)14(16)12-8-10-4-2-3-5-11(10)19-12/h2-7,12,14H,8,16H2,1H3,(H2,17,18). The molecule has 0 saturated heterocycles. The molecule has 2 aromatic rings. The molecule has 0 aliphatic carbocycles. The summed E-state index contributed by atoms with van der Waals surface area (Å²) in [5.74, 6) is 1.41. The number of nitrogens with two attached hydrogens (primary N) is 2. The molecule has 98 valence electrons. The zero-order valence-corrected chi connectivity index (χ0v) is 10.8. The first kappa shape index (κ1) is 12.0. The first-order chi connectivity index (χ1) is 9.16. The molecular formula is C15H17N3O. The summed E-state index contributed by atoms with van der Waals surface area (Å²) in [6.45, 7) is 2.00. The van der Waals surface area contributed by atoms with Crippen LogP contribution < -0.4 is 16.2 Å². The molecule has 1 aromatic carbocycles. The average molecular weight is 255 g/mol. The number of anilines is 1. The molecule has 4 nitrogen and oxygen atoms in total. The molecule has 0 fully saturated rings. The fraction of sp³-hybridized carbons (Fsp3) is 0.267. The molecule has 1 aliphatic rings. The number of aromatic nitrogens is 1. The van der Waals surface area contributed by atoms with E-state index in [1.165, 1.54) is 5.56 Å². The second-order valence-electron chi connectivity index (χ2n) is 4.92. The van der Waals surface area contributed by atoms with Crippen LogP contribution in [0.1, 0.15) is 22.7 Å². The third-order valence-electron chi connectivity index (χ3n) is 3.64. The van der Waals surface area contributed by atoms with E-state index in [1.807, 2.05) is 31.2 Å². The van der Waals surface area contributed by atoms with Crippen molar-refractivity contribution in [1.82, 2.24) is 4.98 Å². The number of aryl methyl sites for hydroxylation is 1. The highest BCUT2D eigenvalue weighted by Crippen LogP contribution is 2.34. The Balaban J connectivity index is 1.89. The third kappa shape index (κ3) is 2.04. The summed E-state index contributed by atoms with van der Waals surface area (Å²) in [5, 5.41) is 0. The van der Waals surface area contributed by atoms with Crippen molar-refractivity contribution in [2.24, 2.45) is 5.73 Å². The number of benzene rings is 1. The molecule has 1 aromatic heterocycles. The lowest BCUT2D eigenvalue weighted by molar-refractivity contribution is 0.199. The van der Waals surface area contributed by atoms with E-state index in [0.717, 1.165) is 23.3 Å². The number of pyridine rings is 1. The lowest BCUT2D eigenvalue weighted by Gasteiger charge is -2.22. The Hall–Kier alpha value is -2.07. The lowest BCUT2D eigenvalue weighted by Crippen LogP contribution is -2.31. The van der Waals surface area contributed by atoms with Crippen LogP contribution in [0.15, 0.2) is 36.5 Å². The van der Waals surface area contributed by atoms with Gasteiger partial charge in [0.25, 0.3) is 0 Å². The Labute approximate surface area is 112 Å². The minimum absolute atomic E-state index is 0.0809. The van der Waals surface area contributed by atoms with Gasteiger partial charge in [-0.1, -0.05) is 18.2 Å². The maximum Gasteiger partial charge on any atom is 0.128 e. The van der Waals surface area contributed by atoms with Gasteiger partial charge in [0.15, 0.2) is 0 Å². The molecule has 1 aliphatic heterocycles. The fourth-order valence-electron chi connectivity index (χ4n) is 2.62. The van der Waals surface area contributed by atoms with Crippen molar-refractivity contribution < 1.29 is 4.74 Å². The highest BCUT2D eigenvalue weighted by molar-refractivity contribution is 5.47. The Morgan fingerprint density at radius 1 is 1.32 bits per heavy atom. The van der Waals surface area contributed by atoms with E-state index >= 15 is 0 Å². The van der Waals surface area contributed by atoms with Crippen molar-refractivity contribution in [2.75, 3.05) is 5.73 Å². The fourth-order valence-corrected chi connectivity index (χ4v) is 2.62. The third-order valence-corrected chi connectivity index (χ3v) is 3.64. The van der Waals surface area contributed by atoms with Gasteiger partial charge in [0.05, 0.1) is 6.04 Å². The maximum atomic E-state index is 6.34. The predicted molar refractivity (Wildman–Crippen MR) is 74.9 cm³/mol. The van der Waals surface area contributed by atoms with Gasteiger partial charge in [-0.25, -0.2) is 4.98 Å². The van der Waals surface area contributed by atoms with Crippen LogP contribution in [-0.4, -0.2) is 11.1 Å². The van der Waals surface area contributed by atoms with Crippen LogP contribution in [0.3, 0.4) is 0 Å². The molecule has 0 radical (unpaired) electrons. The molecular weight excluding hydrogens is 238 g/mol. The van der Waals surface area contributed by atoms with E-state index in [2.05, 4.69) is 11.1 Å². The molecule has 3 rings (SSSR count). The molecule has 0 bridgehead atoms. The van der Waals surface area contributed by atoms with Gasteiger partial charge in [0, 0.05) is 18.2 Å². The Morgan fingerprint density at radius 3 is 2.84 bits per heavy atom. The Kier molecular flexibility index (Phi) is 2.87. The summed E-state index contributed by atoms with van der Waals surface area (Å²) < 4.78 is 5.92. The Morgan fingerprint density at radius 2 is 2.11 bits per heavy atom. The van der Waals surface area contributed by atoms with E-state index in [9.17, 15) is 0 Å². The van der Waals surface area contributed by atoms with Gasteiger partial charge in [0.1, 0.15) is 17.7 Å². The smallest absolute Gasteiger partial charge is 0.128 e. The van der Waals surface area contributed by atoms with E-state index in [1.54, 1.807) is 6.20 Å². The number of hydrogen-bond donors (Lipinski definition) is 2. The number of nitrogens with zero attached hydrogens (tertiary/aromatic N) is 1. The molecule has 0 saturated carbocycles. The van der Waals surface area contributed by atoms with Crippen molar-refractivity contribution in [2.45, 2.75) is 25.5 Å². The number of para-hydroxylation sites is 1.